The molecule has 2 aromatic rings. The molecule has 0 radical (unpaired) electrons. The minimum absolute atomic E-state index is 0.0272. The molecule has 19 heavy (non-hydrogen) atoms. The van der Waals surface area contributed by atoms with Crippen molar-refractivity contribution < 1.29 is 9.58 Å². The molecule has 0 fully saturated rings. The van der Waals surface area contributed by atoms with Gasteiger partial charge < -0.3 is 9.94 Å². The normalized spacial score (nSPS) is 10.8. The summed E-state index contributed by atoms with van der Waals surface area (Å²) in [5.41, 5.74) is 0.919. The van der Waals surface area contributed by atoms with Crippen LogP contribution in [-0.4, -0.2) is 5.10 Å². The Labute approximate surface area is 121 Å². The van der Waals surface area contributed by atoms with Gasteiger partial charge in [-0.3, -0.25) is 0 Å². The summed E-state index contributed by atoms with van der Waals surface area (Å²) in [6.45, 7) is 4.04. The fourth-order valence-electron chi connectivity index (χ4n) is 1.64. The Hall–Kier alpha value is -1.52. The Kier molecular flexibility index (Phi) is 4.12. The smallest absolute Gasteiger partial charge is 0.411 e. The van der Waals surface area contributed by atoms with Gasteiger partial charge in [-0.2, -0.15) is 0 Å². The zero-order valence-corrected chi connectivity index (χ0v) is 11.9. The van der Waals surface area contributed by atoms with Gasteiger partial charge in [0.15, 0.2) is 10.9 Å². The number of aromatic nitrogens is 2. The van der Waals surface area contributed by atoms with E-state index in [9.17, 15) is 5.21 Å². The topological polar surface area (TPSA) is 49.1 Å². The maximum absolute atomic E-state index is 11.6. The van der Waals surface area contributed by atoms with Crippen molar-refractivity contribution in [3.63, 3.8) is 0 Å². The Morgan fingerprint density at radius 3 is 2.58 bits per heavy atom. The van der Waals surface area contributed by atoms with Crippen LogP contribution in [-0.2, 0) is 0 Å². The van der Waals surface area contributed by atoms with Gasteiger partial charge >= 0.3 is 5.88 Å². The second-order valence-corrected chi connectivity index (χ2v) is 5.08. The van der Waals surface area contributed by atoms with E-state index in [0.29, 0.717) is 15.6 Å². The van der Waals surface area contributed by atoms with Crippen LogP contribution in [0.3, 0.4) is 0 Å². The molecule has 0 aliphatic heterocycles. The summed E-state index contributed by atoms with van der Waals surface area (Å²) in [6.07, 6.45) is 0. The largest absolute Gasteiger partial charge is 0.591 e. The van der Waals surface area contributed by atoms with Crippen molar-refractivity contribution in [2.24, 2.45) is 0 Å². The third-order valence-electron chi connectivity index (χ3n) is 2.56. The van der Waals surface area contributed by atoms with Crippen molar-refractivity contribution in [1.82, 2.24) is 5.10 Å². The van der Waals surface area contributed by atoms with Gasteiger partial charge in [0.25, 0.3) is 0 Å². The van der Waals surface area contributed by atoms with Crippen LogP contribution in [0.15, 0.2) is 30.3 Å². The highest BCUT2D eigenvalue weighted by Crippen LogP contribution is 2.35. The summed E-state index contributed by atoms with van der Waals surface area (Å²) >= 11 is 11.7. The van der Waals surface area contributed by atoms with E-state index in [1.165, 1.54) is 12.1 Å². The molecule has 0 amide bonds. The van der Waals surface area contributed by atoms with Crippen molar-refractivity contribution in [2.45, 2.75) is 19.8 Å². The fraction of sp³-hybridized carbons (Fsp3) is 0.231. The number of benzene rings is 1. The Bertz CT molecular complexity index is 603. The lowest BCUT2D eigenvalue weighted by atomic mass is 10.0. The number of hydrogen-bond acceptors (Lipinski definition) is 3. The number of para-hydroxylation sites is 1. The molecule has 0 bridgehead atoms. The van der Waals surface area contributed by atoms with E-state index < -0.39 is 0 Å². The SMILES string of the molecule is CC(C)c1cccc(Cl)c1Oc1ccc(Cl)n[n+]1[O-]. The first-order chi connectivity index (χ1) is 8.99. The van der Waals surface area contributed by atoms with Gasteiger partial charge in [-0.15, -0.1) is 0 Å². The summed E-state index contributed by atoms with van der Waals surface area (Å²) in [4.78, 5) is 0.329. The molecular formula is C13H12Cl2N2O2. The lowest BCUT2D eigenvalue weighted by Gasteiger charge is -2.13. The number of ether oxygens (including phenoxy) is 1. The van der Waals surface area contributed by atoms with Gasteiger partial charge in [0.2, 0.25) is 0 Å². The second kappa shape index (κ2) is 5.63. The minimum Gasteiger partial charge on any atom is -0.591 e. The Morgan fingerprint density at radius 2 is 1.95 bits per heavy atom. The van der Waals surface area contributed by atoms with E-state index >= 15 is 0 Å². The standard InChI is InChI=1S/C13H12Cl2N2O2/c1-8(2)9-4-3-5-10(14)13(9)19-12-7-6-11(15)16-17(12)18/h3-8H,1-2H3. The first-order valence-electron chi connectivity index (χ1n) is 5.71. The van der Waals surface area contributed by atoms with Gasteiger partial charge in [-0.05, 0) is 28.5 Å². The third kappa shape index (κ3) is 3.08. The second-order valence-electron chi connectivity index (χ2n) is 4.28. The molecule has 0 aliphatic rings. The maximum atomic E-state index is 11.6. The lowest BCUT2D eigenvalue weighted by molar-refractivity contribution is -0.673. The van der Waals surface area contributed by atoms with Gasteiger partial charge in [0.05, 0.1) is 11.1 Å². The molecule has 4 nitrogen and oxygen atoms in total. The number of nitrogens with zero attached hydrogens (tertiary/aromatic N) is 2. The Balaban J connectivity index is 2.43. The zero-order valence-electron chi connectivity index (χ0n) is 10.4. The van der Waals surface area contributed by atoms with Crippen LogP contribution in [0.1, 0.15) is 25.3 Å². The number of rotatable bonds is 3. The molecule has 0 atom stereocenters. The Morgan fingerprint density at radius 1 is 1.21 bits per heavy atom. The first kappa shape index (κ1) is 13.9. The molecule has 0 saturated heterocycles. The highest BCUT2D eigenvalue weighted by Gasteiger charge is 2.17. The van der Waals surface area contributed by atoms with Crippen LogP contribution in [0.5, 0.6) is 11.6 Å². The molecule has 0 N–H and O–H groups in total. The predicted molar refractivity (Wildman–Crippen MR) is 73.8 cm³/mol. The minimum atomic E-state index is 0.0272. The summed E-state index contributed by atoms with van der Waals surface area (Å²) in [6, 6.07) is 8.40. The number of halogens is 2. The molecule has 6 heteroatoms. The monoisotopic (exact) mass is 298 g/mol. The zero-order chi connectivity index (χ0) is 14.0. The molecule has 1 aromatic carbocycles. The van der Waals surface area contributed by atoms with Crippen LogP contribution >= 0.6 is 23.2 Å². The molecule has 1 heterocycles. The lowest BCUT2D eigenvalue weighted by Crippen LogP contribution is -2.32. The maximum Gasteiger partial charge on any atom is 0.411 e. The molecule has 0 unspecified atom stereocenters. The predicted octanol–water partition coefficient (Wildman–Crippen LogP) is 3.94. The van der Waals surface area contributed by atoms with Crippen LogP contribution in [0.25, 0.3) is 0 Å². The highest BCUT2D eigenvalue weighted by atomic mass is 35.5. The van der Waals surface area contributed by atoms with Crippen LogP contribution < -0.4 is 9.58 Å². The van der Waals surface area contributed by atoms with Gasteiger partial charge in [-0.25, -0.2) is 0 Å². The average Bonchev–Trinajstić information content (AvgIpc) is 2.34. The summed E-state index contributed by atoms with van der Waals surface area (Å²) in [5, 5.41) is 15.7. The summed E-state index contributed by atoms with van der Waals surface area (Å²) in [5.74, 6) is 0.710. The van der Waals surface area contributed by atoms with Crippen molar-refractivity contribution >= 4 is 23.2 Å². The van der Waals surface area contributed by atoms with Crippen molar-refractivity contribution in [2.75, 3.05) is 0 Å². The number of hydrogen-bond donors (Lipinski definition) is 0. The van der Waals surface area contributed by atoms with Gasteiger partial charge in [0.1, 0.15) is 0 Å². The molecule has 0 spiro atoms. The molecule has 100 valence electrons. The average molecular weight is 299 g/mol. The van der Waals surface area contributed by atoms with Crippen LogP contribution in [0.2, 0.25) is 10.2 Å². The first-order valence-corrected chi connectivity index (χ1v) is 6.47. The molecular weight excluding hydrogens is 287 g/mol. The highest BCUT2D eigenvalue weighted by molar-refractivity contribution is 6.32. The third-order valence-corrected chi connectivity index (χ3v) is 3.06. The fourth-order valence-corrected chi connectivity index (χ4v) is 1.99. The van der Waals surface area contributed by atoms with Gasteiger partial charge in [-0.1, -0.05) is 49.2 Å². The quantitative estimate of drug-likeness (QED) is 0.637. The molecule has 1 aromatic heterocycles. The van der Waals surface area contributed by atoms with Crippen molar-refractivity contribution in [3.05, 3.63) is 51.3 Å². The molecule has 0 aliphatic carbocycles. The van der Waals surface area contributed by atoms with Crippen LogP contribution in [0.4, 0.5) is 0 Å². The van der Waals surface area contributed by atoms with E-state index in [-0.39, 0.29) is 17.0 Å². The summed E-state index contributed by atoms with van der Waals surface area (Å²) < 4.78 is 5.58. The summed E-state index contributed by atoms with van der Waals surface area (Å²) in [7, 11) is 0. The van der Waals surface area contributed by atoms with Gasteiger partial charge in [0, 0.05) is 5.10 Å². The van der Waals surface area contributed by atoms with E-state index in [4.69, 9.17) is 27.9 Å². The van der Waals surface area contributed by atoms with E-state index in [2.05, 4.69) is 5.10 Å². The van der Waals surface area contributed by atoms with Crippen LogP contribution in [0, 0.1) is 5.21 Å². The van der Waals surface area contributed by atoms with Crippen molar-refractivity contribution in [3.8, 4) is 11.6 Å². The molecule has 0 saturated carbocycles. The molecule has 2 rings (SSSR count). The van der Waals surface area contributed by atoms with E-state index in [0.717, 1.165) is 5.56 Å². The van der Waals surface area contributed by atoms with Crippen molar-refractivity contribution in [1.29, 1.82) is 0 Å². The van der Waals surface area contributed by atoms with E-state index in [1.807, 2.05) is 26.0 Å². The van der Waals surface area contributed by atoms with E-state index in [1.54, 1.807) is 6.07 Å².